The number of carbonyl (C=O) groups excluding carboxylic acids is 2. The molecule has 4 rings (SSSR count). The molecule has 29 heavy (non-hydrogen) atoms. The molecule has 0 spiro atoms. The highest BCUT2D eigenvalue weighted by Crippen LogP contribution is 2.32. The van der Waals surface area contributed by atoms with Crippen LogP contribution in [0.1, 0.15) is 23.2 Å². The molecule has 1 aliphatic carbocycles. The average Bonchev–Trinajstić information content (AvgIpc) is 3.56. The van der Waals surface area contributed by atoms with Crippen molar-refractivity contribution in [1.29, 1.82) is 0 Å². The van der Waals surface area contributed by atoms with Crippen molar-refractivity contribution in [1.82, 2.24) is 9.97 Å². The summed E-state index contributed by atoms with van der Waals surface area (Å²) in [6, 6.07) is 8.82. The minimum Gasteiger partial charge on any atom is -0.320 e. The first-order chi connectivity index (χ1) is 14.0. The number of benzene rings is 1. The van der Waals surface area contributed by atoms with E-state index in [1.165, 1.54) is 48.9 Å². The first-order valence-corrected chi connectivity index (χ1v) is 9.37. The number of nitrogens with zero attached hydrogens (tertiary/aromatic N) is 2. The van der Waals surface area contributed by atoms with Gasteiger partial charge in [0.2, 0.25) is 5.91 Å². The van der Waals surface area contributed by atoms with E-state index in [-0.39, 0.29) is 17.4 Å². The zero-order valence-electron chi connectivity index (χ0n) is 15.2. The summed E-state index contributed by atoms with van der Waals surface area (Å²) >= 11 is 6.00. The van der Waals surface area contributed by atoms with Crippen molar-refractivity contribution in [2.75, 3.05) is 10.6 Å². The lowest BCUT2D eigenvalue weighted by molar-refractivity contribution is -0.117. The second-order valence-corrected chi connectivity index (χ2v) is 7.13. The fraction of sp³-hybridized carbons (Fsp3) is 0.143. The fourth-order valence-corrected chi connectivity index (χ4v) is 3.01. The number of halogens is 2. The van der Waals surface area contributed by atoms with Gasteiger partial charge in [0.1, 0.15) is 11.6 Å². The number of pyridine rings is 2. The first kappa shape index (κ1) is 19.0. The maximum atomic E-state index is 14.3. The molecule has 1 aromatic carbocycles. The molecule has 1 aliphatic rings. The highest BCUT2D eigenvalue weighted by molar-refractivity contribution is 6.30. The number of rotatable bonds is 5. The van der Waals surface area contributed by atoms with Crippen molar-refractivity contribution < 1.29 is 14.0 Å². The normalized spacial score (nSPS) is 13.0. The Bertz CT molecular complexity index is 1100. The quantitative estimate of drug-likeness (QED) is 0.647. The standard InChI is InChI=1S/C21H16ClFN4O2/c22-14-3-4-17(23)16(10-14)15-6-7-24-11-18(15)26-21(29)13-5-8-25-19(9-13)27-20(28)12-1-2-12/h3-12H,1-2H2,(H,26,29)(H,25,27,28). The van der Waals surface area contributed by atoms with Crippen LogP contribution in [0, 0.1) is 11.7 Å². The van der Waals surface area contributed by atoms with Crippen LogP contribution < -0.4 is 10.6 Å². The number of carbonyl (C=O) groups is 2. The van der Waals surface area contributed by atoms with E-state index in [2.05, 4.69) is 20.6 Å². The molecule has 6 nitrogen and oxygen atoms in total. The van der Waals surface area contributed by atoms with Crippen molar-refractivity contribution in [2.24, 2.45) is 5.92 Å². The van der Waals surface area contributed by atoms with E-state index in [0.717, 1.165) is 12.8 Å². The van der Waals surface area contributed by atoms with Gasteiger partial charge in [-0.05, 0) is 49.2 Å². The largest absolute Gasteiger partial charge is 0.320 e. The molecule has 3 aromatic rings. The molecule has 0 atom stereocenters. The van der Waals surface area contributed by atoms with E-state index in [1.54, 1.807) is 6.07 Å². The lowest BCUT2D eigenvalue weighted by Gasteiger charge is -2.12. The Hall–Kier alpha value is -3.32. The van der Waals surface area contributed by atoms with Gasteiger partial charge in [0, 0.05) is 40.0 Å². The third-order valence-electron chi connectivity index (χ3n) is 4.51. The SMILES string of the molecule is O=C(Nc1cnccc1-c1cc(Cl)ccc1F)c1ccnc(NC(=O)C2CC2)c1. The van der Waals surface area contributed by atoms with Crippen LogP contribution in [-0.2, 0) is 4.79 Å². The molecular weight excluding hydrogens is 395 g/mol. The van der Waals surface area contributed by atoms with Gasteiger partial charge < -0.3 is 10.6 Å². The molecule has 2 aromatic heterocycles. The Morgan fingerprint density at radius 3 is 2.66 bits per heavy atom. The molecule has 2 heterocycles. The van der Waals surface area contributed by atoms with E-state index >= 15 is 0 Å². The predicted octanol–water partition coefficient (Wildman–Crippen LogP) is 4.54. The third kappa shape index (κ3) is 4.41. The van der Waals surface area contributed by atoms with E-state index in [4.69, 9.17) is 11.6 Å². The van der Waals surface area contributed by atoms with Gasteiger partial charge in [0.15, 0.2) is 0 Å². The summed E-state index contributed by atoms with van der Waals surface area (Å²) in [5, 5.41) is 5.82. The summed E-state index contributed by atoms with van der Waals surface area (Å²) in [6.45, 7) is 0. The Kier molecular flexibility index (Phi) is 5.22. The van der Waals surface area contributed by atoms with Crippen LogP contribution >= 0.6 is 11.6 Å². The molecule has 146 valence electrons. The highest BCUT2D eigenvalue weighted by Gasteiger charge is 2.29. The van der Waals surface area contributed by atoms with E-state index in [1.807, 2.05) is 0 Å². The Labute approximate surface area is 171 Å². The fourth-order valence-electron chi connectivity index (χ4n) is 2.84. The van der Waals surface area contributed by atoms with Gasteiger partial charge in [-0.3, -0.25) is 14.6 Å². The smallest absolute Gasteiger partial charge is 0.255 e. The van der Waals surface area contributed by atoms with Crippen molar-refractivity contribution in [2.45, 2.75) is 12.8 Å². The van der Waals surface area contributed by atoms with E-state index < -0.39 is 11.7 Å². The summed E-state index contributed by atoms with van der Waals surface area (Å²) < 4.78 is 14.3. The average molecular weight is 411 g/mol. The van der Waals surface area contributed by atoms with Gasteiger partial charge in [-0.1, -0.05) is 11.6 Å². The number of hydrogen-bond acceptors (Lipinski definition) is 4. The lowest BCUT2D eigenvalue weighted by Crippen LogP contribution is -2.16. The summed E-state index contributed by atoms with van der Waals surface area (Å²) in [4.78, 5) is 32.7. The Morgan fingerprint density at radius 1 is 1.03 bits per heavy atom. The van der Waals surface area contributed by atoms with Crippen LogP contribution in [-0.4, -0.2) is 21.8 Å². The molecule has 1 saturated carbocycles. The van der Waals surface area contributed by atoms with Crippen LogP contribution in [0.25, 0.3) is 11.1 Å². The van der Waals surface area contributed by atoms with Crippen LogP contribution in [0.3, 0.4) is 0 Å². The zero-order chi connectivity index (χ0) is 20.4. The van der Waals surface area contributed by atoms with Gasteiger partial charge in [-0.15, -0.1) is 0 Å². The van der Waals surface area contributed by atoms with Gasteiger partial charge >= 0.3 is 0 Å². The molecular formula is C21H16ClFN4O2. The maximum absolute atomic E-state index is 14.3. The van der Waals surface area contributed by atoms with Crippen LogP contribution in [0.5, 0.6) is 0 Å². The number of amides is 2. The monoisotopic (exact) mass is 410 g/mol. The molecule has 2 N–H and O–H groups in total. The Morgan fingerprint density at radius 2 is 1.86 bits per heavy atom. The minimum atomic E-state index is -0.468. The summed E-state index contributed by atoms with van der Waals surface area (Å²) in [5.41, 5.74) is 1.33. The molecule has 8 heteroatoms. The van der Waals surface area contributed by atoms with Crippen LogP contribution in [0.2, 0.25) is 5.02 Å². The molecule has 0 bridgehead atoms. The molecule has 2 amide bonds. The summed E-state index contributed by atoms with van der Waals surface area (Å²) in [5.74, 6) is -0.668. The van der Waals surface area contributed by atoms with Crippen molar-refractivity contribution in [3.05, 3.63) is 71.4 Å². The van der Waals surface area contributed by atoms with Gasteiger partial charge in [-0.2, -0.15) is 0 Å². The van der Waals surface area contributed by atoms with Gasteiger partial charge in [-0.25, -0.2) is 9.37 Å². The predicted molar refractivity (Wildman–Crippen MR) is 108 cm³/mol. The number of anilines is 2. The van der Waals surface area contributed by atoms with Gasteiger partial charge in [0.25, 0.3) is 5.91 Å². The van der Waals surface area contributed by atoms with Crippen LogP contribution in [0.4, 0.5) is 15.9 Å². The molecule has 0 unspecified atom stereocenters. The Balaban J connectivity index is 1.58. The molecule has 0 aliphatic heterocycles. The zero-order valence-corrected chi connectivity index (χ0v) is 15.9. The topological polar surface area (TPSA) is 84.0 Å². The molecule has 0 saturated heterocycles. The summed E-state index contributed by atoms with van der Waals surface area (Å²) in [6.07, 6.45) is 6.12. The number of nitrogens with one attached hydrogen (secondary N) is 2. The highest BCUT2D eigenvalue weighted by atomic mass is 35.5. The molecule has 1 fully saturated rings. The number of hydrogen-bond donors (Lipinski definition) is 2. The molecule has 0 radical (unpaired) electrons. The summed E-state index contributed by atoms with van der Waals surface area (Å²) in [7, 11) is 0. The maximum Gasteiger partial charge on any atom is 0.255 e. The second kappa shape index (κ2) is 7.97. The van der Waals surface area contributed by atoms with Crippen molar-refractivity contribution >= 4 is 34.9 Å². The third-order valence-corrected chi connectivity index (χ3v) is 4.74. The second-order valence-electron chi connectivity index (χ2n) is 6.69. The lowest BCUT2D eigenvalue weighted by atomic mass is 10.0. The van der Waals surface area contributed by atoms with Crippen molar-refractivity contribution in [3.8, 4) is 11.1 Å². The van der Waals surface area contributed by atoms with Crippen LogP contribution in [0.15, 0.2) is 55.0 Å². The first-order valence-electron chi connectivity index (χ1n) is 8.99. The van der Waals surface area contributed by atoms with Crippen molar-refractivity contribution in [3.63, 3.8) is 0 Å². The van der Waals surface area contributed by atoms with E-state index in [9.17, 15) is 14.0 Å². The van der Waals surface area contributed by atoms with Gasteiger partial charge in [0.05, 0.1) is 11.9 Å². The van der Waals surface area contributed by atoms with E-state index in [0.29, 0.717) is 27.7 Å². The number of aromatic nitrogens is 2. The minimum absolute atomic E-state index is 0.0276.